The monoisotopic (exact) mass is 639 g/mol. The van der Waals surface area contributed by atoms with Gasteiger partial charge in [-0.3, -0.25) is 14.2 Å². The van der Waals surface area contributed by atoms with Crippen molar-refractivity contribution in [2.45, 2.75) is 53.0 Å². The average Bonchev–Trinajstić information content (AvgIpc) is 3.54. The predicted molar refractivity (Wildman–Crippen MR) is 185 cm³/mol. The van der Waals surface area contributed by atoms with Gasteiger partial charge in [-0.05, 0) is 60.1 Å². The molecule has 2 N–H and O–H groups in total. The molecule has 1 atom stereocenters. The molecule has 0 fully saturated rings. The molecule has 3 aromatic carbocycles. The summed E-state index contributed by atoms with van der Waals surface area (Å²) in [6.45, 7) is 8.05. The Morgan fingerprint density at radius 1 is 0.978 bits per heavy atom. The molecule has 0 unspecified atom stereocenters. The van der Waals surface area contributed by atoms with E-state index in [0.29, 0.717) is 33.3 Å². The first-order chi connectivity index (χ1) is 21.7. The number of rotatable bonds is 11. The number of aliphatic hydroxyl groups excluding tert-OH is 1. The molecule has 1 amide bonds. The number of hydrogen-bond acceptors (Lipinski definition) is 5. The topological polar surface area (TPSA) is 84.2 Å². The summed E-state index contributed by atoms with van der Waals surface area (Å²) in [6, 6.07) is 24.0. The summed E-state index contributed by atoms with van der Waals surface area (Å²) >= 11 is 7.48. The van der Waals surface area contributed by atoms with Crippen LogP contribution in [0, 0.1) is 5.92 Å². The second kappa shape index (κ2) is 14.4. The average molecular weight is 640 g/mol. The van der Waals surface area contributed by atoms with Crippen LogP contribution in [0.2, 0.25) is 5.02 Å². The van der Waals surface area contributed by atoms with Gasteiger partial charge in [-0.15, -0.1) is 11.3 Å². The molecular weight excluding hydrogens is 602 g/mol. The van der Waals surface area contributed by atoms with Crippen LogP contribution < -0.4 is 10.9 Å². The molecule has 0 bridgehead atoms. The highest BCUT2D eigenvalue weighted by Gasteiger charge is 2.27. The molecule has 8 heteroatoms. The Kier molecular flexibility index (Phi) is 10.3. The summed E-state index contributed by atoms with van der Waals surface area (Å²) in [5, 5.41) is 16.4. The first-order valence-electron chi connectivity index (χ1n) is 15.3. The van der Waals surface area contributed by atoms with E-state index in [1.807, 2.05) is 78.2 Å². The Morgan fingerprint density at radius 3 is 2.24 bits per heavy atom. The van der Waals surface area contributed by atoms with Crippen molar-refractivity contribution < 1.29 is 9.90 Å². The van der Waals surface area contributed by atoms with E-state index in [9.17, 15) is 14.7 Å². The Balaban J connectivity index is 1.77. The Morgan fingerprint density at radius 2 is 1.64 bits per heavy atom. The number of nitrogens with one attached hydrogen (secondary N) is 1. The van der Waals surface area contributed by atoms with Crippen molar-refractivity contribution in [3.63, 3.8) is 0 Å². The number of hydrogen-bond donors (Lipinski definition) is 2. The Hall–Kier alpha value is -4.04. The van der Waals surface area contributed by atoms with Crippen molar-refractivity contribution >= 4 is 28.8 Å². The standard InChI is InChI=1S/C37H38ClN3O3S/c1-5-24-13-10-14-25(6-2)34(24)41-33(19-23(3)4)29(35(43)39-31(21-42)26-11-8-7-9-12-26)20-30(37(41)44)36-40-32(22-45-36)27-15-17-28(38)18-16-27/h7-18,20,22-23,31,42H,5-6,19,21H2,1-4H3,(H,39,43)/t31-/m1/s1. The zero-order chi connectivity index (χ0) is 32.1. The minimum atomic E-state index is -0.611. The number of pyridine rings is 1. The van der Waals surface area contributed by atoms with Gasteiger partial charge in [0.05, 0.1) is 35.2 Å². The van der Waals surface area contributed by atoms with Gasteiger partial charge in [-0.25, -0.2) is 4.98 Å². The van der Waals surface area contributed by atoms with E-state index >= 15 is 0 Å². The molecule has 45 heavy (non-hydrogen) atoms. The third-order valence-corrected chi connectivity index (χ3v) is 9.03. The van der Waals surface area contributed by atoms with E-state index in [2.05, 4.69) is 33.0 Å². The van der Waals surface area contributed by atoms with Crippen LogP contribution in [0.5, 0.6) is 0 Å². The van der Waals surface area contributed by atoms with Crippen molar-refractivity contribution in [2.75, 3.05) is 6.61 Å². The quantitative estimate of drug-likeness (QED) is 0.153. The van der Waals surface area contributed by atoms with Gasteiger partial charge in [0.25, 0.3) is 11.5 Å². The number of aliphatic hydroxyl groups is 1. The number of thiazole rings is 1. The van der Waals surface area contributed by atoms with Crippen LogP contribution in [0.1, 0.15) is 66.5 Å². The summed E-state index contributed by atoms with van der Waals surface area (Å²) in [7, 11) is 0. The Bertz CT molecular complexity index is 1820. The summed E-state index contributed by atoms with van der Waals surface area (Å²) in [4.78, 5) is 33.8. The van der Waals surface area contributed by atoms with Crippen molar-refractivity contribution in [3.05, 3.63) is 128 Å². The molecule has 0 saturated carbocycles. The first kappa shape index (κ1) is 32.4. The molecule has 6 nitrogen and oxygen atoms in total. The molecule has 0 saturated heterocycles. The highest BCUT2D eigenvalue weighted by atomic mass is 35.5. The molecule has 0 radical (unpaired) electrons. The number of carbonyl (C=O) groups is 1. The lowest BCUT2D eigenvalue weighted by molar-refractivity contribution is 0.0914. The van der Waals surface area contributed by atoms with Crippen molar-refractivity contribution in [2.24, 2.45) is 5.92 Å². The van der Waals surface area contributed by atoms with Crippen LogP contribution >= 0.6 is 22.9 Å². The molecule has 232 valence electrons. The minimum Gasteiger partial charge on any atom is -0.394 e. The lowest BCUT2D eigenvalue weighted by Crippen LogP contribution is -2.35. The fourth-order valence-electron chi connectivity index (χ4n) is 5.64. The van der Waals surface area contributed by atoms with E-state index in [0.717, 1.165) is 46.5 Å². The van der Waals surface area contributed by atoms with Gasteiger partial charge in [0.1, 0.15) is 5.01 Å². The lowest BCUT2D eigenvalue weighted by atomic mass is 9.97. The number of para-hydroxylation sites is 1. The molecule has 2 heterocycles. The fourth-order valence-corrected chi connectivity index (χ4v) is 6.60. The molecular formula is C37H38ClN3O3S. The summed E-state index contributed by atoms with van der Waals surface area (Å²) in [5.41, 5.74) is 6.47. The zero-order valence-corrected chi connectivity index (χ0v) is 27.6. The Labute approximate surface area is 273 Å². The maximum atomic E-state index is 14.7. The second-order valence-corrected chi connectivity index (χ2v) is 12.7. The van der Waals surface area contributed by atoms with Crippen molar-refractivity contribution in [1.29, 1.82) is 0 Å². The van der Waals surface area contributed by atoms with Crippen LogP contribution in [-0.4, -0.2) is 27.2 Å². The van der Waals surface area contributed by atoms with Gasteiger partial charge in [0.2, 0.25) is 0 Å². The van der Waals surface area contributed by atoms with Crippen LogP contribution in [0.25, 0.3) is 27.5 Å². The number of aryl methyl sites for hydroxylation is 2. The molecule has 0 aliphatic heterocycles. The highest BCUT2D eigenvalue weighted by molar-refractivity contribution is 7.13. The third-order valence-electron chi connectivity index (χ3n) is 7.90. The molecule has 0 spiro atoms. The summed E-state index contributed by atoms with van der Waals surface area (Å²) in [6.07, 6.45) is 1.95. The van der Waals surface area contributed by atoms with Crippen molar-refractivity contribution in [3.8, 4) is 27.5 Å². The second-order valence-electron chi connectivity index (χ2n) is 11.5. The van der Waals surface area contributed by atoms with Gasteiger partial charge in [0, 0.05) is 21.7 Å². The van der Waals surface area contributed by atoms with Crippen molar-refractivity contribution in [1.82, 2.24) is 14.9 Å². The molecule has 0 aliphatic rings. The maximum absolute atomic E-state index is 14.7. The number of nitrogens with zero attached hydrogens (tertiary/aromatic N) is 2. The van der Waals surface area contributed by atoms with Gasteiger partial charge in [0.15, 0.2) is 0 Å². The van der Waals surface area contributed by atoms with Gasteiger partial charge in [-0.1, -0.05) is 100.0 Å². The SMILES string of the molecule is CCc1cccc(CC)c1-n1c(CC(C)C)c(C(=O)N[C@H](CO)c2ccccc2)cc(-c2nc(-c3ccc(Cl)cc3)cs2)c1=O. The zero-order valence-electron chi connectivity index (χ0n) is 26.0. The first-order valence-corrected chi connectivity index (χ1v) is 16.6. The summed E-state index contributed by atoms with van der Waals surface area (Å²) in [5.74, 6) is -0.198. The number of halogens is 1. The normalized spacial score (nSPS) is 12.0. The number of benzene rings is 3. The van der Waals surface area contributed by atoms with E-state index in [1.165, 1.54) is 11.3 Å². The van der Waals surface area contributed by atoms with Crippen LogP contribution in [-0.2, 0) is 19.3 Å². The maximum Gasteiger partial charge on any atom is 0.265 e. The predicted octanol–water partition coefficient (Wildman–Crippen LogP) is 8.07. The van der Waals surface area contributed by atoms with E-state index in [-0.39, 0.29) is 24.0 Å². The third kappa shape index (κ3) is 6.96. The van der Waals surface area contributed by atoms with Gasteiger partial charge in [-0.2, -0.15) is 0 Å². The minimum absolute atomic E-state index is 0.158. The van der Waals surface area contributed by atoms with Crippen LogP contribution in [0.3, 0.4) is 0 Å². The molecule has 0 aliphatic carbocycles. The molecule has 2 aromatic heterocycles. The lowest BCUT2D eigenvalue weighted by Gasteiger charge is -2.24. The highest BCUT2D eigenvalue weighted by Crippen LogP contribution is 2.32. The fraction of sp³-hybridized carbons (Fsp3) is 0.270. The largest absolute Gasteiger partial charge is 0.394 e. The summed E-state index contributed by atoms with van der Waals surface area (Å²) < 4.78 is 1.77. The van der Waals surface area contributed by atoms with Gasteiger partial charge < -0.3 is 10.4 Å². The van der Waals surface area contributed by atoms with Gasteiger partial charge >= 0.3 is 0 Å². The molecule has 5 aromatic rings. The number of carbonyl (C=O) groups excluding carboxylic acids is 1. The molecule has 5 rings (SSSR count). The smallest absolute Gasteiger partial charge is 0.265 e. The van der Waals surface area contributed by atoms with Crippen LogP contribution in [0.4, 0.5) is 0 Å². The number of amides is 1. The van der Waals surface area contributed by atoms with E-state index < -0.39 is 6.04 Å². The van der Waals surface area contributed by atoms with E-state index in [4.69, 9.17) is 16.6 Å². The van der Waals surface area contributed by atoms with E-state index in [1.54, 1.807) is 10.6 Å². The van der Waals surface area contributed by atoms with Crippen LogP contribution in [0.15, 0.2) is 89.0 Å². The number of aromatic nitrogens is 2.